The smallest absolute Gasteiger partial charge is 0.273 e. The Labute approximate surface area is 298 Å². The number of nitro benzene ring substituents is 1. The quantitative estimate of drug-likeness (QED) is 0.121. The number of nitro groups is 1. The Bertz CT molecular complexity index is 1980. The van der Waals surface area contributed by atoms with Gasteiger partial charge in [-0.15, -0.1) is 0 Å². The highest BCUT2D eigenvalue weighted by molar-refractivity contribution is 7.92. The molecule has 0 bridgehead atoms. The van der Waals surface area contributed by atoms with Crippen LogP contribution < -0.4 is 14.4 Å². The molecule has 0 aromatic heterocycles. The Morgan fingerprint density at radius 1 is 0.940 bits per heavy atom. The molecule has 0 saturated heterocycles. The van der Waals surface area contributed by atoms with Gasteiger partial charge >= 0.3 is 0 Å². The molecule has 0 aliphatic rings. The zero-order valence-corrected chi connectivity index (χ0v) is 30.4. The molecule has 0 saturated carbocycles. The highest BCUT2D eigenvalue weighted by Gasteiger charge is 2.37. The number of carbonyl (C=O) groups excluding carboxylic acids is 2. The van der Waals surface area contributed by atoms with Crippen molar-refractivity contribution in [2.75, 3.05) is 18.0 Å². The summed E-state index contributed by atoms with van der Waals surface area (Å²) in [5.74, 6) is -1.04. The van der Waals surface area contributed by atoms with E-state index < -0.39 is 55.5 Å². The second-order valence-corrected chi connectivity index (χ2v) is 15.2. The molecule has 50 heavy (non-hydrogen) atoms. The van der Waals surface area contributed by atoms with E-state index in [4.69, 9.17) is 16.3 Å². The molecule has 0 aliphatic heterocycles. The molecule has 4 rings (SSSR count). The first-order valence-electron chi connectivity index (χ1n) is 15.8. The monoisotopic (exact) mass is 720 g/mol. The minimum absolute atomic E-state index is 0.0167. The van der Waals surface area contributed by atoms with Gasteiger partial charge in [-0.25, -0.2) is 8.42 Å². The van der Waals surface area contributed by atoms with Crippen molar-refractivity contribution in [1.82, 2.24) is 10.2 Å². The minimum Gasteiger partial charge on any atom is -0.495 e. The molecule has 13 heteroatoms. The fraction of sp³-hybridized carbons (Fsp3) is 0.297. The number of hydrogen-bond acceptors (Lipinski definition) is 7. The molecule has 0 radical (unpaired) electrons. The summed E-state index contributed by atoms with van der Waals surface area (Å²) in [7, 11) is -3.34. The van der Waals surface area contributed by atoms with Gasteiger partial charge < -0.3 is 15.0 Å². The number of aryl methyl sites for hydroxylation is 2. The summed E-state index contributed by atoms with van der Waals surface area (Å²) < 4.78 is 35.3. The Kier molecular flexibility index (Phi) is 11.9. The van der Waals surface area contributed by atoms with Crippen LogP contribution in [0.25, 0.3) is 0 Å². The van der Waals surface area contributed by atoms with E-state index in [-0.39, 0.29) is 35.0 Å². The first kappa shape index (κ1) is 37.9. The average Bonchev–Trinajstić information content (AvgIpc) is 3.05. The number of carbonyl (C=O) groups is 2. The summed E-state index contributed by atoms with van der Waals surface area (Å²) in [6, 6.07) is 23.4. The Morgan fingerprint density at radius 3 is 2.22 bits per heavy atom. The molecule has 0 spiro atoms. The van der Waals surface area contributed by atoms with Crippen LogP contribution in [0.15, 0.2) is 95.9 Å². The number of halogens is 1. The maximum Gasteiger partial charge on any atom is 0.273 e. The highest BCUT2D eigenvalue weighted by Crippen LogP contribution is 2.36. The van der Waals surface area contributed by atoms with Crippen LogP contribution in [0.1, 0.15) is 43.0 Å². The van der Waals surface area contributed by atoms with Crippen molar-refractivity contribution in [2.45, 2.75) is 64.1 Å². The number of sulfonamides is 1. The average molecular weight is 721 g/mol. The van der Waals surface area contributed by atoms with Crippen LogP contribution in [0.3, 0.4) is 0 Å². The number of nitrogens with zero attached hydrogens (tertiary/aromatic N) is 3. The van der Waals surface area contributed by atoms with Gasteiger partial charge in [0.25, 0.3) is 15.7 Å². The minimum atomic E-state index is -4.68. The maximum atomic E-state index is 14.8. The zero-order chi connectivity index (χ0) is 36.8. The molecule has 2 amide bonds. The Hall–Kier alpha value is -4.94. The van der Waals surface area contributed by atoms with Crippen molar-refractivity contribution < 1.29 is 27.7 Å². The number of amides is 2. The van der Waals surface area contributed by atoms with Gasteiger partial charge in [-0.05, 0) is 75.6 Å². The van der Waals surface area contributed by atoms with Crippen LogP contribution in [0.2, 0.25) is 5.02 Å². The predicted molar refractivity (Wildman–Crippen MR) is 194 cm³/mol. The van der Waals surface area contributed by atoms with E-state index in [1.54, 1.807) is 0 Å². The van der Waals surface area contributed by atoms with Crippen LogP contribution in [-0.2, 0) is 32.6 Å². The van der Waals surface area contributed by atoms with Crippen molar-refractivity contribution in [1.29, 1.82) is 0 Å². The van der Waals surface area contributed by atoms with E-state index in [2.05, 4.69) is 5.32 Å². The molecule has 0 heterocycles. The Morgan fingerprint density at radius 2 is 1.60 bits per heavy atom. The third kappa shape index (κ3) is 9.19. The largest absolute Gasteiger partial charge is 0.495 e. The second-order valence-electron chi connectivity index (χ2n) is 12.9. The van der Waals surface area contributed by atoms with Gasteiger partial charge in [0.15, 0.2) is 0 Å². The molecule has 264 valence electrons. The third-order valence-corrected chi connectivity index (χ3v) is 10.0. The lowest BCUT2D eigenvalue weighted by Crippen LogP contribution is -2.56. The molecule has 0 fully saturated rings. The predicted octanol–water partition coefficient (Wildman–Crippen LogP) is 6.62. The number of benzene rings is 4. The van der Waals surface area contributed by atoms with Gasteiger partial charge in [-0.3, -0.25) is 24.0 Å². The SMILES string of the molecule is COc1ccc(Cl)cc1N(CC(=O)N(Cc1ccccc1C)[C@H](Cc1ccccc1)C(=O)NC(C)(C)C)S(=O)(=O)c1ccc(C)c([N+](=O)[O-])c1. The van der Waals surface area contributed by atoms with E-state index in [1.165, 1.54) is 49.3 Å². The second kappa shape index (κ2) is 15.7. The van der Waals surface area contributed by atoms with Crippen molar-refractivity contribution in [3.05, 3.63) is 128 Å². The lowest BCUT2D eigenvalue weighted by molar-refractivity contribution is -0.385. The molecular formula is C37H41ClN4O7S. The van der Waals surface area contributed by atoms with Crippen LogP contribution in [0.4, 0.5) is 11.4 Å². The molecule has 0 aliphatic carbocycles. The van der Waals surface area contributed by atoms with Crippen molar-refractivity contribution in [3.8, 4) is 5.75 Å². The summed E-state index contributed by atoms with van der Waals surface area (Å²) in [6.45, 7) is 8.07. The van der Waals surface area contributed by atoms with Gasteiger partial charge in [-0.1, -0.05) is 72.3 Å². The number of hydrogen-bond donors (Lipinski definition) is 1. The van der Waals surface area contributed by atoms with Crippen molar-refractivity contribution >= 4 is 44.8 Å². The van der Waals surface area contributed by atoms with Gasteiger partial charge in [0.05, 0.1) is 22.6 Å². The first-order chi connectivity index (χ1) is 23.5. The van der Waals surface area contributed by atoms with E-state index >= 15 is 0 Å². The molecule has 1 atom stereocenters. The first-order valence-corrected chi connectivity index (χ1v) is 17.6. The normalized spacial score (nSPS) is 12.1. The molecule has 11 nitrogen and oxygen atoms in total. The van der Waals surface area contributed by atoms with Gasteiger partial charge in [0.2, 0.25) is 11.8 Å². The zero-order valence-electron chi connectivity index (χ0n) is 28.8. The Balaban J connectivity index is 1.91. The molecular weight excluding hydrogens is 680 g/mol. The topological polar surface area (TPSA) is 139 Å². The summed E-state index contributed by atoms with van der Waals surface area (Å²) in [5.41, 5.74) is 1.56. The van der Waals surface area contributed by atoms with E-state index in [0.717, 1.165) is 27.1 Å². The van der Waals surface area contributed by atoms with Gasteiger partial charge in [-0.2, -0.15) is 0 Å². The fourth-order valence-corrected chi connectivity index (χ4v) is 7.03. The van der Waals surface area contributed by atoms with Crippen LogP contribution in [0, 0.1) is 24.0 Å². The number of anilines is 1. The maximum absolute atomic E-state index is 14.8. The van der Waals surface area contributed by atoms with Crippen LogP contribution in [0.5, 0.6) is 5.75 Å². The summed E-state index contributed by atoms with van der Waals surface area (Å²) in [6.07, 6.45) is 0.137. The molecule has 1 N–H and O–H groups in total. The standard InChI is InChI=1S/C37H41ClN4O7S/c1-25-12-10-11-15-28(25)23-40(33(36(44)39-37(3,4)5)20-27-13-8-7-9-14-27)35(43)24-41(32-21-29(38)17-19-34(32)49-6)50(47,48)30-18-16-26(2)31(22-30)42(45)46/h7-19,21-22,33H,20,23-24H2,1-6H3,(H,39,44)/t33-/m1/s1. The number of ether oxygens (including phenoxy) is 1. The fourth-order valence-electron chi connectivity index (χ4n) is 5.42. The summed E-state index contributed by atoms with van der Waals surface area (Å²) in [5, 5.41) is 15.0. The van der Waals surface area contributed by atoms with Crippen molar-refractivity contribution in [2.24, 2.45) is 0 Å². The summed E-state index contributed by atoms with van der Waals surface area (Å²) in [4.78, 5) is 41.0. The van der Waals surface area contributed by atoms with E-state index in [0.29, 0.717) is 0 Å². The highest BCUT2D eigenvalue weighted by atomic mass is 35.5. The molecule has 4 aromatic carbocycles. The van der Waals surface area contributed by atoms with Crippen LogP contribution >= 0.6 is 11.6 Å². The lowest BCUT2D eigenvalue weighted by Gasteiger charge is -2.35. The van der Waals surface area contributed by atoms with Crippen molar-refractivity contribution in [3.63, 3.8) is 0 Å². The summed E-state index contributed by atoms with van der Waals surface area (Å²) >= 11 is 6.35. The lowest BCUT2D eigenvalue weighted by atomic mass is 10.00. The van der Waals surface area contributed by atoms with E-state index in [9.17, 15) is 28.1 Å². The third-order valence-electron chi connectivity index (χ3n) is 8.02. The number of rotatable bonds is 13. The van der Waals surface area contributed by atoms with E-state index in [1.807, 2.05) is 82.3 Å². The molecule has 0 unspecified atom stereocenters. The van der Waals surface area contributed by atoms with Crippen LogP contribution in [-0.4, -0.2) is 55.3 Å². The molecule has 4 aromatic rings. The number of methoxy groups -OCH3 is 1. The number of nitrogens with one attached hydrogen (secondary N) is 1. The van der Waals surface area contributed by atoms with Gasteiger partial charge in [0, 0.05) is 35.2 Å². The van der Waals surface area contributed by atoms with Gasteiger partial charge in [0.1, 0.15) is 18.3 Å².